The second kappa shape index (κ2) is 7.08. The van der Waals surface area contributed by atoms with Crippen molar-refractivity contribution < 1.29 is 14.0 Å². The highest BCUT2D eigenvalue weighted by Gasteiger charge is 2.17. The summed E-state index contributed by atoms with van der Waals surface area (Å²) in [5.74, 6) is 2.19. The minimum atomic E-state index is 0.136. The Morgan fingerprint density at radius 2 is 2.33 bits per heavy atom. The van der Waals surface area contributed by atoms with Crippen LogP contribution in [0.25, 0.3) is 0 Å². The first-order valence-corrected chi connectivity index (χ1v) is 7.35. The van der Waals surface area contributed by atoms with Gasteiger partial charge < -0.3 is 14.0 Å². The van der Waals surface area contributed by atoms with E-state index in [0.717, 1.165) is 18.1 Å². The molecule has 0 saturated carbocycles. The Kier molecular flexibility index (Phi) is 5.43. The predicted octanol–water partition coefficient (Wildman–Crippen LogP) is 0.780. The van der Waals surface area contributed by atoms with Crippen LogP contribution in [0.5, 0.6) is 0 Å². The van der Waals surface area contributed by atoms with E-state index in [1.54, 1.807) is 11.8 Å². The van der Waals surface area contributed by atoms with E-state index in [9.17, 15) is 0 Å². The molecule has 6 nitrogen and oxygen atoms in total. The Labute approximate surface area is 111 Å². The third kappa shape index (κ3) is 4.24. The standard InChI is InChI=1S/C11H19N3O3S/c1-14(5-9-7-15-3-4-16-9)6-11-12-10(8-18-2)13-17-11/h9H,3-8H2,1-2H3/t9-/m1/s1. The second-order valence-electron chi connectivity index (χ2n) is 4.30. The van der Waals surface area contributed by atoms with Crippen LogP contribution < -0.4 is 0 Å². The van der Waals surface area contributed by atoms with E-state index >= 15 is 0 Å². The van der Waals surface area contributed by atoms with Crippen molar-refractivity contribution in [2.75, 3.05) is 39.7 Å². The molecule has 2 rings (SSSR count). The maximum Gasteiger partial charge on any atom is 0.240 e. The minimum Gasteiger partial charge on any atom is -0.376 e. The monoisotopic (exact) mass is 273 g/mol. The van der Waals surface area contributed by atoms with Crippen molar-refractivity contribution in [1.82, 2.24) is 15.0 Å². The van der Waals surface area contributed by atoms with Crippen LogP contribution in [-0.2, 0) is 21.8 Å². The summed E-state index contributed by atoms with van der Waals surface area (Å²) in [7, 11) is 2.01. The van der Waals surface area contributed by atoms with Crippen molar-refractivity contribution in [2.24, 2.45) is 0 Å². The molecule has 0 spiro atoms. The lowest BCUT2D eigenvalue weighted by Gasteiger charge is -2.26. The largest absolute Gasteiger partial charge is 0.376 e. The van der Waals surface area contributed by atoms with Gasteiger partial charge >= 0.3 is 0 Å². The summed E-state index contributed by atoms with van der Waals surface area (Å²) in [4.78, 5) is 6.43. The molecule has 1 aromatic rings. The minimum absolute atomic E-state index is 0.136. The van der Waals surface area contributed by atoms with Crippen LogP contribution in [0, 0.1) is 0 Å². The number of nitrogens with zero attached hydrogens (tertiary/aromatic N) is 3. The average Bonchev–Trinajstić information content (AvgIpc) is 2.78. The van der Waals surface area contributed by atoms with Crippen molar-refractivity contribution >= 4 is 11.8 Å². The number of hydrogen-bond donors (Lipinski definition) is 0. The summed E-state index contributed by atoms with van der Waals surface area (Å²) in [5.41, 5.74) is 0. The van der Waals surface area contributed by atoms with Crippen molar-refractivity contribution in [2.45, 2.75) is 18.4 Å². The molecule has 1 aliphatic rings. The molecule has 0 unspecified atom stereocenters. The summed E-state index contributed by atoms with van der Waals surface area (Å²) in [6.07, 6.45) is 2.15. The molecule has 0 aromatic carbocycles. The number of aromatic nitrogens is 2. The molecular weight excluding hydrogens is 254 g/mol. The van der Waals surface area contributed by atoms with Crippen LogP contribution >= 0.6 is 11.8 Å². The van der Waals surface area contributed by atoms with E-state index in [1.165, 1.54) is 0 Å². The fourth-order valence-electron chi connectivity index (χ4n) is 1.83. The number of rotatable bonds is 6. The highest BCUT2D eigenvalue weighted by atomic mass is 32.2. The Morgan fingerprint density at radius 1 is 1.44 bits per heavy atom. The Bertz CT molecular complexity index is 355. The van der Waals surface area contributed by atoms with Gasteiger partial charge in [-0.15, -0.1) is 0 Å². The lowest BCUT2D eigenvalue weighted by Crippen LogP contribution is -2.38. The maximum absolute atomic E-state index is 5.59. The maximum atomic E-state index is 5.59. The first kappa shape index (κ1) is 13.8. The van der Waals surface area contributed by atoms with Crippen LogP contribution in [0.15, 0.2) is 4.52 Å². The van der Waals surface area contributed by atoms with Crippen LogP contribution in [0.2, 0.25) is 0 Å². The molecule has 1 aromatic heterocycles. The quantitative estimate of drug-likeness (QED) is 0.759. The van der Waals surface area contributed by atoms with Gasteiger partial charge in [-0.25, -0.2) is 0 Å². The van der Waals surface area contributed by atoms with Gasteiger partial charge in [-0.1, -0.05) is 5.16 Å². The van der Waals surface area contributed by atoms with Gasteiger partial charge in [0, 0.05) is 6.54 Å². The average molecular weight is 273 g/mol. The zero-order chi connectivity index (χ0) is 12.8. The Balaban J connectivity index is 1.76. The highest BCUT2D eigenvalue weighted by molar-refractivity contribution is 7.97. The second-order valence-corrected chi connectivity index (χ2v) is 5.17. The van der Waals surface area contributed by atoms with Crippen molar-refractivity contribution in [3.05, 3.63) is 11.7 Å². The fraction of sp³-hybridized carbons (Fsp3) is 0.818. The lowest BCUT2D eigenvalue weighted by molar-refractivity contribution is -0.0967. The first-order chi connectivity index (χ1) is 8.78. The smallest absolute Gasteiger partial charge is 0.240 e. The highest BCUT2D eigenvalue weighted by Crippen LogP contribution is 2.08. The van der Waals surface area contributed by atoms with Gasteiger partial charge in [0.2, 0.25) is 5.89 Å². The van der Waals surface area contributed by atoms with Gasteiger partial charge in [0.1, 0.15) is 0 Å². The molecule has 0 N–H and O–H groups in total. The van der Waals surface area contributed by atoms with Crippen LogP contribution in [-0.4, -0.2) is 60.8 Å². The van der Waals surface area contributed by atoms with E-state index in [0.29, 0.717) is 32.3 Å². The molecule has 0 radical (unpaired) electrons. The molecule has 1 atom stereocenters. The van der Waals surface area contributed by atoms with Gasteiger partial charge in [0.05, 0.1) is 38.2 Å². The molecule has 1 fully saturated rings. The Morgan fingerprint density at radius 3 is 3.06 bits per heavy atom. The molecule has 0 amide bonds. The predicted molar refractivity (Wildman–Crippen MR) is 68.4 cm³/mol. The third-order valence-electron chi connectivity index (χ3n) is 2.59. The van der Waals surface area contributed by atoms with Gasteiger partial charge in [-0.2, -0.15) is 16.7 Å². The third-order valence-corrected chi connectivity index (χ3v) is 3.14. The topological polar surface area (TPSA) is 60.6 Å². The fourth-order valence-corrected chi connectivity index (χ4v) is 2.20. The lowest BCUT2D eigenvalue weighted by atomic mass is 10.3. The molecule has 2 heterocycles. The van der Waals surface area contributed by atoms with Crippen LogP contribution in [0.1, 0.15) is 11.7 Å². The summed E-state index contributed by atoms with van der Waals surface area (Å²) < 4.78 is 16.1. The van der Waals surface area contributed by atoms with Gasteiger partial charge in [-0.3, -0.25) is 4.90 Å². The number of thioether (sulfide) groups is 1. The van der Waals surface area contributed by atoms with E-state index in [1.807, 2.05) is 13.3 Å². The normalized spacial score (nSPS) is 20.5. The van der Waals surface area contributed by atoms with Crippen molar-refractivity contribution in [3.63, 3.8) is 0 Å². The van der Waals surface area contributed by atoms with Gasteiger partial charge in [0.25, 0.3) is 0 Å². The molecule has 102 valence electrons. The molecule has 18 heavy (non-hydrogen) atoms. The molecule has 0 bridgehead atoms. The summed E-state index contributed by atoms with van der Waals surface area (Å²) in [5, 5.41) is 3.92. The zero-order valence-corrected chi connectivity index (χ0v) is 11.6. The Hall–Kier alpha value is -0.630. The molecule has 7 heteroatoms. The molecule has 1 saturated heterocycles. The number of ether oxygens (including phenoxy) is 2. The van der Waals surface area contributed by atoms with Crippen LogP contribution in [0.3, 0.4) is 0 Å². The number of hydrogen-bond acceptors (Lipinski definition) is 7. The van der Waals surface area contributed by atoms with Crippen molar-refractivity contribution in [3.8, 4) is 0 Å². The van der Waals surface area contributed by atoms with E-state index in [2.05, 4.69) is 15.0 Å². The SMILES string of the molecule is CSCc1noc(CN(C)C[C@@H]2COCCO2)n1. The molecule has 1 aliphatic heterocycles. The summed E-state index contributed by atoms with van der Waals surface area (Å²) >= 11 is 1.68. The molecular formula is C11H19N3O3S. The van der Waals surface area contributed by atoms with E-state index in [-0.39, 0.29) is 6.10 Å². The van der Waals surface area contributed by atoms with Crippen molar-refractivity contribution in [1.29, 1.82) is 0 Å². The zero-order valence-electron chi connectivity index (χ0n) is 10.8. The summed E-state index contributed by atoms with van der Waals surface area (Å²) in [6, 6.07) is 0. The summed E-state index contributed by atoms with van der Waals surface area (Å²) in [6.45, 7) is 3.48. The number of likely N-dealkylation sites (N-methyl/N-ethyl adjacent to an activating group) is 1. The first-order valence-electron chi connectivity index (χ1n) is 5.96. The van der Waals surface area contributed by atoms with E-state index in [4.69, 9.17) is 14.0 Å². The van der Waals surface area contributed by atoms with Gasteiger partial charge in [0.15, 0.2) is 5.82 Å². The van der Waals surface area contributed by atoms with Gasteiger partial charge in [-0.05, 0) is 13.3 Å². The van der Waals surface area contributed by atoms with Crippen LogP contribution in [0.4, 0.5) is 0 Å². The molecule has 0 aliphatic carbocycles. The van der Waals surface area contributed by atoms with E-state index < -0.39 is 0 Å².